The molecule has 1 heterocycles. The van der Waals surface area contributed by atoms with Gasteiger partial charge in [0.1, 0.15) is 5.75 Å². The molecule has 0 saturated carbocycles. The molecule has 0 bridgehead atoms. The van der Waals surface area contributed by atoms with Crippen molar-refractivity contribution in [3.63, 3.8) is 0 Å². The minimum atomic E-state index is 0. The van der Waals surface area contributed by atoms with Crippen LogP contribution in [0.4, 0.5) is 0 Å². The Balaban J connectivity index is 0.00000180. The third-order valence-electron chi connectivity index (χ3n) is 3.03. The second-order valence-electron chi connectivity index (χ2n) is 4.35. The van der Waals surface area contributed by atoms with Gasteiger partial charge in [0, 0.05) is 19.6 Å². The quantitative estimate of drug-likeness (QED) is 0.890. The van der Waals surface area contributed by atoms with E-state index in [0.29, 0.717) is 0 Å². The van der Waals surface area contributed by atoms with Crippen LogP contribution in [0.2, 0.25) is 0 Å². The summed E-state index contributed by atoms with van der Waals surface area (Å²) in [5, 5.41) is 6.65. The average molecular weight is 328 g/mol. The van der Waals surface area contributed by atoms with Crippen LogP contribution in [-0.2, 0) is 6.42 Å². The number of hydrogen-bond acceptors (Lipinski definition) is 4. The standard InChI is InChI=1S/C14H21N3O.BrH/c1-18-13-7-3-2-6-12(13)8-11-17-14-15-9-4-5-10-16-14;/h2-3,6-7H,4-5,8-11H2,1H3,(H2,15,16,17);1H. The molecular formula is C14H22BrN3O. The van der Waals surface area contributed by atoms with Crippen LogP contribution < -0.4 is 15.4 Å². The summed E-state index contributed by atoms with van der Waals surface area (Å²) in [6.07, 6.45) is 3.30. The molecular weight excluding hydrogens is 306 g/mol. The number of rotatable bonds is 4. The van der Waals surface area contributed by atoms with Crippen molar-refractivity contribution in [2.24, 2.45) is 4.99 Å². The molecule has 2 rings (SSSR count). The van der Waals surface area contributed by atoms with Crippen LogP contribution in [0.1, 0.15) is 18.4 Å². The summed E-state index contributed by atoms with van der Waals surface area (Å²) in [4.78, 5) is 4.46. The van der Waals surface area contributed by atoms with Crippen molar-refractivity contribution in [3.05, 3.63) is 29.8 Å². The van der Waals surface area contributed by atoms with E-state index in [0.717, 1.165) is 37.8 Å². The molecule has 5 heteroatoms. The Bertz CT molecular complexity index is 409. The van der Waals surface area contributed by atoms with Crippen LogP contribution in [0.3, 0.4) is 0 Å². The maximum Gasteiger partial charge on any atom is 0.191 e. The van der Waals surface area contributed by atoms with E-state index in [1.54, 1.807) is 7.11 Å². The monoisotopic (exact) mass is 327 g/mol. The maximum absolute atomic E-state index is 5.33. The van der Waals surface area contributed by atoms with Crippen LogP contribution in [-0.4, -0.2) is 32.7 Å². The zero-order valence-corrected chi connectivity index (χ0v) is 13.0. The molecule has 4 nitrogen and oxygen atoms in total. The van der Waals surface area contributed by atoms with Crippen molar-refractivity contribution in [1.29, 1.82) is 0 Å². The number of nitrogens with zero attached hydrogens (tertiary/aromatic N) is 1. The molecule has 1 aromatic rings. The molecule has 1 aliphatic rings. The van der Waals surface area contributed by atoms with E-state index in [4.69, 9.17) is 4.74 Å². The zero-order chi connectivity index (χ0) is 12.6. The fourth-order valence-corrected chi connectivity index (χ4v) is 2.03. The fourth-order valence-electron chi connectivity index (χ4n) is 2.03. The molecule has 0 saturated heterocycles. The van der Waals surface area contributed by atoms with Crippen LogP contribution >= 0.6 is 17.0 Å². The molecule has 0 aliphatic carbocycles. The van der Waals surface area contributed by atoms with Gasteiger partial charge < -0.3 is 15.4 Å². The second-order valence-corrected chi connectivity index (χ2v) is 4.35. The van der Waals surface area contributed by atoms with Gasteiger partial charge in [-0.25, -0.2) is 0 Å². The van der Waals surface area contributed by atoms with Gasteiger partial charge in [0.05, 0.1) is 7.11 Å². The predicted octanol–water partition coefficient (Wildman–Crippen LogP) is 2.14. The summed E-state index contributed by atoms with van der Waals surface area (Å²) in [5.41, 5.74) is 1.22. The van der Waals surface area contributed by atoms with E-state index in [2.05, 4.69) is 21.7 Å². The number of ether oxygens (including phenoxy) is 1. The minimum absolute atomic E-state index is 0. The topological polar surface area (TPSA) is 45.6 Å². The lowest BCUT2D eigenvalue weighted by Crippen LogP contribution is -2.38. The molecule has 1 aliphatic heterocycles. The molecule has 0 aromatic heterocycles. The van der Waals surface area contributed by atoms with Gasteiger partial charge in [0.25, 0.3) is 0 Å². The van der Waals surface area contributed by atoms with E-state index in [9.17, 15) is 0 Å². The highest BCUT2D eigenvalue weighted by Crippen LogP contribution is 2.17. The van der Waals surface area contributed by atoms with E-state index in [1.807, 2.05) is 18.2 Å². The number of methoxy groups -OCH3 is 1. The number of nitrogens with one attached hydrogen (secondary N) is 2. The number of hydrogen-bond donors (Lipinski definition) is 2. The molecule has 2 N–H and O–H groups in total. The van der Waals surface area contributed by atoms with Gasteiger partial charge in [-0.1, -0.05) is 18.2 Å². The van der Waals surface area contributed by atoms with Crippen LogP contribution in [0.5, 0.6) is 5.75 Å². The average Bonchev–Trinajstić information content (AvgIpc) is 2.68. The lowest BCUT2D eigenvalue weighted by molar-refractivity contribution is 0.409. The van der Waals surface area contributed by atoms with Crippen LogP contribution in [0, 0.1) is 0 Å². The minimum Gasteiger partial charge on any atom is -0.496 e. The van der Waals surface area contributed by atoms with Gasteiger partial charge >= 0.3 is 0 Å². The summed E-state index contributed by atoms with van der Waals surface area (Å²) in [6.45, 7) is 2.80. The van der Waals surface area contributed by atoms with Gasteiger partial charge in [-0.3, -0.25) is 4.99 Å². The zero-order valence-electron chi connectivity index (χ0n) is 11.3. The van der Waals surface area contributed by atoms with Crippen molar-refractivity contribution in [3.8, 4) is 5.75 Å². The highest BCUT2D eigenvalue weighted by Gasteiger charge is 2.04. The summed E-state index contributed by atoms with van der Waals surface area (Å²) >= 11 is 0. The summed E-state index contributed by atoms with van der Waals surface area (Å²) in [7, 11) is 1.71. The summed E-state index contributed by atoms with van der Waals surface area (Å²) in [5.74, 6) is 1.89. The molecule has 0 amide bonds. The first-order valence-corrected chi connectivity index (χ1v) is 6.54. The molecule has 0 spiro atoms. The number of guanidine groups is 1. The molecule has 106 valence electrons. The highest BCUT2D eigenvalue weighted by molar-refractivity contribution is 8.93. The number of benzene rings is 1. The Kier molecular flexibility index (Phi) is 7.33. The second kappa shape index (κ2) is 8.80. The van der Waals surface area contributed by atoms with Crippen molar-refractivity contribution in [2.45, 2.75) is 19.3 Å². The SMILES string of the molecule is Br.COc1ccccc1CCNC1=NCCCCN1. The van der Waals surface area contributed by atoms with E-state index < -0.39 is 0 Å². The fraction of sp³-hybridized carbons (Fsp3) is 0.500. The van der Waals surface area contributed by atoms with Gasteiger partial charge in [-0.05, 0) is 30.9 Å². The summed E-state index contributed by atoms with van der Waals surface area (Å²) in [6, 6.07) is 8.13. The van der Waals surface area contributed by atoms with Crippen LogP contribution in [0.25, 0.3) is 0 Å². The largest absolute Gasteiger partial charge is 0.496 e. The van der Waals surface area contributed by atoms with E-state index in [1.165, 1.54) is 18.4 Å². The molecule has 1 aromatic carbocycles. The third kappa shape index (κ3) is 5.11. The Hall–Kier alpha value is -1.23. The van der Waals surface area contributed by atoms with Crippen molar-refractivity contribution < 1.29 is 4.74 Å². The van der Waals surface area contributed by atoms with Crippen molar-refractivity contribution in [2.75, 3.05) is 26.7 Å². The molecule has 0 unspecified atom stereocenters. The van der Waals surface area contributed by atoms with E-state index in [-0.39, 0.29) is 17.0 Å². The first-order chi connectivity index (χ1) is 8.90. The first kappa shape index (κ1) is 15.8. The highest BCUT2D eigenvalue weighted by atomic mass is 79.9. The molecule has 19 heavy (non-hydrogen) atoms. The maximum atomic E-state index is 5.33. The lowest BCUT2D eigenvalue weighted by Gasteiger charge is -2.11. The van der Waals surface area contributed by atoms with Crippen molar-refractivity contribution in [1.82, 2.24) is 10.6 Å². The molecule has 0 radical (unpaired) electrons. The summed E-state index contributed by atoms with van der Waals surface area (Å²) < 4.78 is 5.33. The van der Waals surface area contributed by atoms with E-state index >= 15 is 0 Å². The number of aliphatic imine (C=N–C) groups is 1. The Morgan fingerprint density at radius 3 is 3.00 bits per heavy atom. The van der Waals surface area contributed by atoms with Crippen molar-refractivity contribution >= 4 is 22.9 Å². The Morgan fingerprint density at radius 2 is 2.16 bits per heavy atom. The normalized spacial score (nSPS) is 14.5. The lowest BCUT2D eigenvalue weighted by atomic mass is 10.1. The molecule has 0 atom stereocenters. The van der Waals surface area contributed by atoms with Gasteiger partial charge in [0.2, 0.25) is 0 Å². The number of para-hydroxylation sites is 1. The van der Waals surface area contributed by atoms with Gasteiger partial charge in [-0.15, -0.1) is 17.0 Å². The van der Waals surface area contributed by atoms with Gasteiger partial charge in [-0.2, -0.15) is 0 Å². The Morgan fingerprint density at radius 1 is 1.32 bits per heavy atom. The van der Waals surface area contributed by atoms with Gasteiger partial charge in [0.15, 0.2) is 5.96 Å². The predicted molar refractivity (Wildman–Crippen MR) is 84.6 cm³/mol. The smallest absolute Gasteiger partial charge is 0.191 e. The molecule has 0 fully saturated rings. The van der Waals surface area contributed by atoms with Crippen LogP contribution in [0.15, 0.2) is 29.3 Å². The Labute approximate surface area is 125 Å². The number of halogens is 1. The third-order valence-corrected chi connectivity index (χ3v) is 3.03. The first-order valence-electron chi connectivity index (χ1n) is 6.54.